The van der Waals surface area contributed by atoms with Gasteiger partial charge in [-0.1, -0.05) is 0 Å². The summed E-state index contributed by atoms with van der Waals surface area (Å²) < 4.78 is 51.0. The lowest BCUT2D eigenvalue weighted by molar-refractivity contribution is -0.137. The SMILES string of the molecule is COc1ccc(N2CN(c3ccc(=O)[nH]c3C)C(=O)c3cc(C(F)(F)F)ccc32)c(OC)c1. The third kappa shape index (κ3) is 3.99. The summed E-state index contributed by atoms with van der Waals surface area (Å²) in [6, 6.07) is 10.8. The van der Waals surface area contributed by atoms with E-state index < -0.39 is 17.6 Å². The first-order valence-corrected chi connectivity index (χ1v) is 9.86. The molecule has 4 rings (SSSR count). The molecular weight excluding hydrogens is 439 g/mol. The van der Waals surface area contributed by atoms with E-state index in [0.29, 0.717) is 34.3 Å². The first-order valence-electron chi connectivity index (χ1n) is 9.86. The van der Waals surface area contributed by atoms with E-state index in [2.05, 4.69) is 4.98 Å². The highest BCUT2D eigenvalue weighted by Gasteiger charge is 2.37. The predicted molar refractivity (Wildman–Crippen MR) is 117 cm³/mol. The molecule has 0 unspecified atom stereocenters. The summed E-state index contributed by atoms with van der Waals surface area (Å²) >= 11 is 0. The molecule has 0 radical (unpaired) electrons. The molecule has 0 atom stereocenters. The van der Waals surface area contributed by atoms with Gasteiger partial charge >= 0.3 is 6.18 Å². The summed E-state index contributed by atoms with van der Waals surface area (Å²) in [5, 5.41) is 0. The Morgan fingerprint density at radius 1 is 0.879 bits per heavy atom. The zero-order chi connectivity index (χ0) is 23.9. The summed E-state index contributed by atoms with van der Waals surface area (Å²) in [6.45, 7) is 1.59. The molecule has 7 nitrogen and oxygen atoms in total. The number of hydrogen-bond donors (Lipinski definition) is 1. The number of carbonyl (C=O) groups excluding carboxylic acids is 1. The maximum Gasteiger partial charge on any atom is 0.416 e. The van der Waals surface area contributed by atoms with E-state index in [4.69, 9.17) is 9.47 Å². The monoisotopic (exact) mass is 459 g/mol. The number of alkyl halides is 3. The van der Waals surface area contributed by atoms with Crippen molar-refractivity contribution >= 4 is 23.0 Å². The molecule has 1 aliphatic rings. The smallest absolute Gasteiger partial charge is 0.416 e. The second kappa shape index (κ2) is 8.19. The highest BCUT2D eigenvalue weighted by Crippen LogP contribution is 2.43. The summed E-state index contributed by atoms with van der Waals surface area (Å²) in [6.07, 6.45) is -4.62. The van der Waals surface area contributed by atoms with Crippen LogP contribution < -0.4 is 24.8 Å². The number of amides is 1. The number of fused-ring (bicyclic) bond motifs is 1. The fourth-order valence-electron chi connectivity index (χ4n) is 3.81. The van der Waals surface area contributed by atoms with Crippen LogP contribution in [0, 0.1) is 6.92 Å². The molecule has 0 saturated heterocycles. The molecule has 172 valence electrons. The number of ether oxygens (including phenoxy) is 2. The van der Waals surface area contributed by atoms with Crippen molar-refractivity contribution in [2.75, 3.05) is 30.7 Å². The third-order valence-corrected chi connectivity index (χ3v) is 5.43. The number of carbonyl (C=O) groups is 1. The molecule has 1 amide bonds. The summed E-state index contributed by atoms with van der Waals surface area (Å²) in [4.78, 5) is 30.6. The van der Waals surface area contributed by atoms with E-state index in [1.807, 2.05) is 0 Å². The van der Waals surface area contributed by atoms with Gasteiger partial charge in [-0.15, -0.1) is 0 Å². The lowest BCUT2D eigenvalue weighted by Gasteiger charge is -2.39. The van der Waals surface area contributed by atoms with Crippen LogP contribution in [0.3, 0.4) is 0 Å². The third-order valence-electron chi connectivity index (χ3n) is 5.43. The average molecular weight is 459 g/mol. The molecule has 0 bridgehead atoms. The Balaban J connectivity index is 1.93. The topological polar surface area (TPSA) is 74.9 Å². The van der Waals surface area contributed by atoms with Gasteiger partial charge in [0.25, 0.3) is 5.91 Å². The number of rotatable bonds is 4. The Bertz CT molecular complexity index is 1290. The van der Waals surface area contributed by atoms with Crippen LogP contribution in [0.1, 0.15) is 21.6 Å². The lowest BCUT2D eigenvalue weighted by atomic mass is 10.0. The van der Waals surface area contributed by atoms with Crippen molar-refractivity contribution in [2.24, 2.45) is 0 Å². The molecular formula is C23H20F3N3O4. The first-order chi connectivity index (χ1) is 15.6. The van der Waals surface area contributed by atoms with Crippen molar-refractivity contribution in [3.63, 3.8) is 0 Å². The lowest BCUT2D eigenvalue weighted by Crippen LogP contribution is -2.45. The van der Waals surface area contributed by atoms with Gasteiger partial charge in [-0.25, -0.2) is 0 Å². The van der Waals surface area contributed by atoms with Crippen molar-refractivity contribution in [2.45, 2.75) is 13.1 Å². The van der Waals surface area contributed by atoms with E-state index in [1.54, 1.807) is 30.0 Å². The molecule has 0 saturated carbocycles. The van der Waals surface area contributed by atoms with Gasteiger partial charge in [-0.05, 0) is 43.3 Å². The fraction of sp³-hybridized carbons (Fsp3) is 0.217. The van der Waals surface area contributed by atoms with Crippen molar-refractivity contribution in [1.29, 1.82) is 0 Å². The van der Waals surface area contributed by atoms with Gasteiger partial charge in [0.15, 0.2) is 0 Å². The second-order valence-electron chi connectivity index (χ2n) is 7.40. The van der Waals surface area contributed by atoms with Gasteiger partial charge in [0.2, 0.25) is 5.56 Å². The molecule has 1 N–H and O–H groups in total. The van der Waals surface area contributed by atoms with Crippen LogP contribution in [0.15, 0.2) is 53.3 Å². The number of aromatic amines is 1. The number of anilines is 3. The van der Waals surface area contributed by atoms with Gasteiger partial charge in [-0.2, -0.15) is 13.2 Å². The number of aromatic nitrogens is 1. The van der Waals surface area contributed by atoms with E-state index in [9.17, 15) is 22.8 Å². The first kappa shape index (κ1) is 22.3. The largest absolute Gasteiger partial charge is 0.497 e. The average Bonchev–Trinajstić information content (AvgIpc) is 2.79. The van der Waals surface area contributed by atoms with E-state index in [1.165, 1.54) is 37.3 Å². The molecule has 1 aromatic heterocycles. The van der Waals surface area contributed by atoms with Crippen LogP contribution >= 0.6 is 0 Å². The Labute approximate surface area is 187 Å². The van der Waals surface area contributed by atoms with Gasteiger partial charge in [-0.3, -0.25) is 14.5 Å². The number of hydrogen-bond acceptors (Lipinski definition) is 5. The number of methoxy groups -OCH3 is 2. The van der Waals surface area contributed by atoms with E-state index in [0.717, 1.165) is 12.1 Å². The molecule has 33 heavy (non-hydrogen) atoms. The van der Waals surface area contributed by atoms with Gasteiger partial charge in [0, 0.05) is 17.8 Å². The van der Waals surface area contributed by atoms with Gasteiger partial charge in [0.1, 0.15) is 18.2 Å². The zero-order valence-electron chi connectivity index (χ0n) is 18.0. The number of aryl methyl sites for hydroxylation is 1. The second-order valence-corrected chi connectivity index (χ2v) is 7.40. The van der Waals surface area contributed by atoms with Crippen molar-refractivity contribution in [3.8, 4) is 11.5 Å². The Hall–Kier alpha value is -3.95. The number of halogens is 3. The maximum absolute atomic E-state index is 13.4. The van der Waals surface area contributed by atoms with E-state index in [-0.39, 0.29) is 17.8 Å². The summed E-state index contributed by atoms with van der Waals surface area (Å²) in [5.41, 5.74) is 0.201. The van der Waals surface area contributed by atoms with Gasteiger partial charge in [0.05, 0.1) is 42.4 Å². The highest BCUT2D eigenvalue weighted by molar-refractivity contribution is 6.13. The number of benzene rings is 2. The van der Waals surface area contributed by atoms with E-state index >= 15 is 0 Å². The molecule has 2 aromatic carbocycles. The van der Waals surface area contributed by atoms with Crippen LogP contribution in [-0.2, 0) is 6.18 Å². The van der Waals surface area contributed by atoms with Crippen molar-refractivity contribution in [3.05, 3.63) is 75.7 Å². The molecule has 10 heteroatoms. The minimum atomic E-state index is -4.62. The number of nitrogens with one attached hydrogen (secondary N) is 1. The minimum absolute atomic E-state index is 0.0211. The van der Waals surface area contributed by atoms with Crippen molar-refractivity contribution in [1.82, 2.24) is 4.98 Å². The maximum atomic E-state index is 13.4. The Morgan fingerprint density at radius 3 is 2.21 bits per heavy atom. The van der Waals surface area contributed by atoms with Crippen LogP contribution in [0.25, 0.3) is 0 Å². The fourth-order valence-corrected chi connectivity index (χ4v) is 3.81. The number of nitrogens with zero attached hydrogens (tertiary/aromatic N) is 2. The quantitative estimate of drug-likeness (QED) is 0.623. The van der Waals surface area contributed by atoms with Crippen LogP contribution in [0.5, 0.6) is 11.5 Å². The molecule has 0 fully saturated rings. The number of pyridine rings is 1. The normalized spacial score (nSPS) is 13.7. The van der Waals surface area contributed by atoms with Crippen LogP contribution in [-0.4, -0.2) is 31.8 Å². The number of H-pyrrole nitrogens is 1. The zero-order valence-corrected chi connectivity index (χ0v) is 18.0. The van der Waals surface area contributed by atoms with Crippen LogP contribution in [0.2, 0.25) is 0 Å². The van der Waals surface area contributed by atoms with Gasteiger partial charge < -0.3 is 19.4 Å². The molecule has 0 aliphatic carbocycles. The Morgan fingerprint density at radius 2 is 1.58 bits per heavy atom. The molecule has 0 spiro atoms. The molecule has 3 aromatic rings. The standard InChI is InChI=1S/C23H20F3N3O4/c1-13-17(8-9-21(30)27-13)29-12-28(19-7-5-15(32-2)11-20(19)33-3)18-6-4-14(23(24,25)26)10-16(18)22(29)31/h4-11H,12H2,1-3H3,(H,27,30). The molecule has 2 heterocycles. The van der Waals surface area contributed by atoms with Crippen LogP contribution in [0.4, 0.5) is 30.2 Å². The minimum Gasteiger partial charge on any atom is -0.497 e. The summed E-state index contributed by atoms with van der Waals surface area (Å²) in [5.74, 6) is 0.326. The van der Waals surface area contributed by atoms with Crippen molar-refractivity contribution < 1.29 is 27.4 Å². The summed E-state index contributed by atoms with van der Waals surface area (Å²) in [7, 11) is 2.97. The molecule has 1 aliphatic heterocycles. The Kier molecular flexibility index (Phi) is 5.52. The highest BCUT2D eigenvalue weighted by atomic mass is 19.4. The predicted octanol–water partition coefficient (Wildman–Crippen LogP) is 4.48.